The highest BCUT2D eigenvalue weighted by atomic mass is 16.3. The van der Waals surface area contributed by atoms with Crippen LogP contribution >= 0.6 is 0 Å². The smallest absolute Gasteiger partial charge is 0.0924 e. The van der Waals surface area contributed by atoms with Crippen molar-refractivity contribution < 1.29 is 10.2 Å². The minimum atomic E-state index is -0.613. The van der Waals surface area contributed by atoms with Gasteiger partial charge >= 0.3 is 0 Å². The van der Waals surface area contributed by atoms with Crippen molar-refractivity contribution in [1.82, 2.24) is 0 Å². The van der Waals surface area contributed by atoms with Crippen molar-refractivity contribution in [2.24, 2.45) is 35.5 Å². The molecule has 3 rings (SSSR count). The van der Waals surface area contributed by atoms with Gasteiger partial charge in [-0.25, -0.2) is 0 Å². The molecule has 3 aliphatic rings. The summed E-state index contributed by atoms with van der Waals surface area (Å²) in [7, 11) is 0. The predicted octanol–water partition coefficient (Wildman–Crippen LogP) is 2.60. The van der Waals surface area contributed by atoms with Crippen LogP contribution in [0.3, 0.4) is 0 Å². The van der Waals surface area contributed by atoms with E-state index in [2.05, 4.69) is 27.4 Å². The highest BCUT2D eigenvalue weighted by molar-refractivity contribution is 5.41. The maximum absolute atomic E-state index is 10.7. The molecule has 18 heavy (non-hydrogen) atoms. The van der Waals surface area contributed by atoms with E-state index in [0.29, 0.717) is 23.7 Å². The van der Waals surface area contributed by atoms with Gasteiger partial charge in [-0.1, -0.05) is 33.8 Å². The monoisotopic (exact) mass is 250 g/mol. The van der Waals surface area contributed by atoms with Gasteiger partial charge in [0.2, 0.25) is 0 Å². The van der Waals surface area contributed by atoms with Gasteiger partial charge in [-0.05, 0) is 48.0 Å². The van der Waals surface area contributed by atoms with Gasteiger partial charge in [-0.2, -0.15) is 0 Å². The third-order valence-corrected chi connectivity index (χ3v) is 6.00. The molecule has 2 heteroatoms. The lowest BCUT2D eigenvalue weighted by Gasteiger charge is -2.37. The minimum absolute atomic E-state index is 0.228. The second kappa shape index (κ2) is 3.83. The Morgan fingerprint density at radius 1 is 1.44 bits per heavy atom. The van der Waals surface area contributed by atoms with E-state index in [-0.39, 0.29) is 17.9 Å². The van der Waals surface area contributed by atoms with E-state index in [1.54, 1.807) is 0 Å². The summed E-state index contributed by atoms with van der Waals surface area (Å²) >= 11 is 0. The molecule has 5 unspecified atom stereocenters. The minimum Gasteiger partial charge on any atom is -0.393 e. The first kappa shape index (κ1) is 12.7. The summed E-state index contributed by atoms with van der Waals surface area (Å²) in [5, 5.41) is 21.3. The fourth-order valence-corrected chi connectivity index (χ4v) is 4.85. The average Bonchev–Trinajstić information content (AvgIpc) is 2.84. The van der Waals surface area contributed by atoms with Crippen molar-refractivity contribution in [3.8, 4) is 0 Å². The van der Waals surface area contributed by atoms with E-state index in [9.17, 15) is 10.2 Å². The molecule has 0 spiro atoms. The molecule has 2 nitrogen and oxygen atoms in total. The lowest BCUT2D eigenvalue weighted by Crippen LogP contribution is -2.38. The van der Waals surface area contributed by atoms with E-state index < -0.39 is 5.60 Å². The van der Waals surface area contributed by atoms with Crippen LogP contribution in [0.15, 0.2) is 12.2 Å². The lowest BCUT2D eigenvalue weighted by atomic mass is 9.70. The van der Waals surface area contributed by atoms with Gasteiger partial charge in [-0.15, -0.1) is 0 Å². The van der Waals surface area contributed by atoms with Crippen LogP contribution in [0.4, 0.5) is 0 Å². The molecule has 3 aliphatic carbocycles. The fraction of sp³-hybridized carbons (Fsp3) is 0.875. The number of hydrogen-bond donors (Lipinski definition) is 2. The normalized spacial score (nSPS) is 53.8. The molecule has 0 aliphatic heterocycles. The zero-order valence-electron chi connectivity index (χ0n) is 11.8. The molecule has 3 fully saturated rings. The number of fused-ring (bicyclic) bond motifs is 1. The molecule has 0 bridgehead atoms. The molecule has 0 aromatic heterocycles. The van der Waals surface area contributed by atoms with E-state index in [1.165, 1.54) is 6.42 Å². The van der Waals surface area contributed by atoms with Crippen LogP contribution in [-0.2, 0) is 0 Å². The van der Waals surface area contributed by atoms with Crippen molar-refractivity contribution in [3.05, 3.63) is 12.2 Å². The summed E-state index contributed by atoms with van der Waals surface area (Å²) in [4.78, 5) is 0. The van der Waals surface area contributed by atoms with E-state index >= 15 is 0 Å². The van der Waals surface area contributed by atoms with Crippen LogP contribution in [-0.4, -0.2) is 21.9 Å². The Balaban J connectivity index is 1.76. The Hall–Kier alpha value is -0.340. The summed E-state index contributed by atoms with van der Waals surface area (Å²) in [5.41, 5.74) is 0.376. The number of aliphatic hydroxyl groups excluding tert-OH is 1. The third-order valence-electron chi connectivity index (χ3n) is 6.00. The molecule has 0 amide bonds. The Morgan fingerprint density at radius 2 is 2.11 bits per heavy atom. The van der Waals surface area contributed by atoms with Gasteiger partial charge in [-0.3, -0.25) is 0 Å². The maximum atomic E-state index is 10.7. The summed E-state index contributed by atoms with van der Waals surface area (Å²) in [6.45, 7) is 10.7. The van der Waals surface area contributed by atoms with E-state index in [1.807, 2.05) is 0 Å². The quantitative estimate of drug-likeness (QED) is 0.756. The first-order chi connectivity index (χ1) is 8.39. The third kappa shape index (κ3) is 1.42. The zero-order chi connectivity index (χ0) is 13.2. The summed E-state index contributed by atoms with van der Waals surface area (Å²) in [6.07, 6.45) is 3.05. The molecule has 0 radical (unpaired) electrons. The molecule has 102 valence electrons. The molecular formula is C16H26O2. The summed E-state index contributed by atoms with van der Waals surface area (Å²) in [6, 6.07) is 0. The summed E-state index contributed by atoms with van der Waals surface area (Å²) in [5.74, 6) is 2.34. The number of aliphatic hydroxyl groups is 2. The lowest BCUT2D eigenvalue weighted by molar-refractivity contribution is -0.00817. The van der Waals surface area contributed by atoms with Crippen LogP contribution in [0.5, 0.6) is 0 Å². The Bertz CT molecular complexity index is 375. The molecule has 0 saturated heterocycles. The van der Waals surface area contributed by atoms with Crippen LogP contribution in [0, 0.1) is 35.5 Å². The van der Waals surface area contributed by atoms with Gasteiger partial charge in [0.15, 0.2) is 0 Å². The van der Waals surface area contributed by atoms with Crippen molar-refractivity contribution in [1.29, 1.82) is 0 Å². The van der Waals surface area contributed by atoms with Gasteiger partial charge in [0.05, 0.1) is 11.7 Å². The number of hydrogen-bond acceptors (Lipinski definition) is 2. The van der Waals surface area contributed by atoms with Crippen LogP contribution in [0.1, 0.15) is 40.0 Å². The number of rotatable bonds is 3. The second-order valence-electron chi connectivity index (χ2n) is 7.31. The SMILES string of the molecule is C=C1C(C)C2C(O)C(CCC(C)C)C[C@@H]3[C@@H]2C13O. The average molecular weight is 250 g/mol. The highest BCUT2D eigenvalue weighted by Gasteiger charge is 2.77. The molecule has 2 N–H and O–H groups in total. The first-order valence-electron chi connectivity index (χ1n) is 7.48. The van der Waals surface area contributed by atoms with Crippen molar-refractivity contribution in [3.63, 3.8) is 0 Å². The van der Waals surface area contributed by atoms with Crippen molar-refractivity contribution >= 4 is 0 Å². The largest absolute Gasteiger partial charge is 0.393 e. The fourth-order valence-electron chi connectivity index (χ4n) is 4.85. The van der Waals surface area contributed by atoms with Crippen molar-refractivity contribution in [2.45, 2.75) is 51.7 Å². The highest BCUT2D eigenvalue weighted by Crippen LogP contribution is 2.73. The molecule has 3 saturated carbocycles. The van der Waals surface area contributed by atoms with Crippen molar-refractivity contribution in [2.75, 3.05) is 0 Å². The maximum Gasteiger partial charge on any atom is 0.0924 e. The molecule has 0 aromatic carbocycles. The molecule has 0 aromatic rings. The molecule has 0 heterocycles. The molecular weight excluding hydrogens is 224 g/mol. The zero-order valence-corrected chi connectivity index (χ0v) is 11.8. The van der Waals surface area contributed by atoms with Gasteiger partial charge < -0.3 is 10.2 Å². The van der Waals surface area contributed by atoms with E-state index in [0.717, 1.165) is 18.4 Å². The topological polar surface area (TPSA) is 40.5 Å². The standard InChI is InChI=1S/C16H26O2/c1-8(2)5-6-11-7-12-14-13(15(11)17)9(3)10(4)16(12,14)18/h8-9,11-15,17-18H,4-7H2,1-3H3/t9?,11?,12-,13?,14+,15?,16?/m1/s1. The Labute approximate surface area is 110 Å². The molecule has 7 atom stereocenters. The van der Waals surface area contributed by atoms with Crippen LogP contribution in [0.25, 0.3) is 0 Å². The Kier molecular flexibility index (Phi) is 2.70. The Morgan fingerprint density at radius 3 is 2.72 bits per heavy atom. The van der Waals surface area contributed by atoms with Gasteiger partial charge in [0, 0.05) is 5.92 Å². The summed E-state index contributed by atoms with van der Waals surface area (Å²) < 4.78 is 0. The van der Waals surface area contributed by atoms with E-state index in [4.69, 9.17) is 0 Å². The van der Waals surface area contributed by atoms with Gasteiger partial charge in [0.1, 0.15) is 0 Å². The first-order valence-corrected chi connectivity index (χ1v) is 7.48. The second-order valence-corrected chi connectivity index (χ2v) is 7.31. The van der Waals surface area contributed by atoms with Crippen LogP contribution in [0.2, 0.25) is 0 Å². The van der Waals surface area contributed by atoms with Gasteiger partial charge in [0.25, 0.3) is 0 Å². The predicted molar refractivity (Wildman–Crippen MR) is 71.9 cm³/mol. The van der Waals surface area contributed by atoms with Crippen LogP contribution < -0.4 is 0 Å².